The van der Waals surface area contributed by atoms with Gasteiger partial charge in [-0.15, -0.1) is 0 Å². The molecule has 0 atom stereocenters. The minimum absolute atomic E-state index is 0.0275. The zero-order chi connectivity index (χ0) is 16.0. The highest BCUT2D eigenvalue weighted by molar-refractivity contribution is 5.79. The van der Waals surface area contributed by atoms with E-state index >= 15 is 0 Å². The third-order valence-corrected chi connectivity index (χ3v) is 2.71. The molecule has 1 rings (SSSR count). The van der Waals surface area contributed by atoms with E-state index in [1.807, 2.05) is 6.92 Å². The van der Waals surface area contributed by atoms with Crippen molar-refractivity contribution in [2.24, 2.45) is 5.73 Å². The van der Waals surface area contributed by atoms with E-state index < -0.39 is 17.8 Å². The number of alkyl halides is 3. The molecule has 0 aromatic carbocycles. The molecule has 0 spiro atoms. The van der Waals surface area contributed by atoms with Crippen molar-refractivity contribution in [2.45, 2.75) is 25.9 Å². The van der Waals surface area contributed by atoms with Gasteiger partial charge in [0.25, 0.3) is 0 Å². The molecule has 1 aromatic rings. The maximum Gasteiger partial charge on any atom is 0.433 e. The quantitative estimate of drug-likeness (QED) is 0.871. The number of unbranched alkanes of at least 4 members (excludes halogenated alkanes) is 1. The predicted molar refractivity (Wildman–Crippen MR) is 70.3 cm³/mol. The van der Waals surface area contributed by atoms with Crippen LogP contribution in [0, 0.1) is 11.3 Å². The number of primary amides is 1. The molecular formula is C13H15F3N4O. The molecule has 0 aliphatic heterocycles. The van der Waals surface area contributed by atoms with Crippen molar-refractivity contribution in [3.8, 4) is 6.07 Å². The summed E-state index contributed by atoms with van der Waals surface area (Å²) in [5.74, 6) is -0.867. The van der Waals surface area contributed by atoms with Crippen molar-refractivity contribution in [2.75, 3.05) is 18.0 Å². The number of nitrogens with zero attached hydrogens (tertiary/aromatic N) is 3. The third-order valence-electron chi connectivity index (χ3n) is 2.71. The van der Waals surface area contributed by atoms with Crippen LogP contribution in [0.1, 0.15) is 31.0 Å². The number of nitriles is 1. The number of carbonyl (C=O) groups is 1. The van der Waals surface area contributed by atoms with Gasteiger partial charge in [-0.1, -0.05) is 13.3 Å². The first kappa shape index (κ1) is 16.8. The summed E-state index contributed by atoms with van der Waals surface area (Å²) in [5.41, 5.74) is 3.97. The second-order valence-corrected chi connectivity index (χ2v) is 4.42. The van der Waals surface area contributed by atoms with Crippen molar-refractivity contribution in [1.29, 1.82) is 5.26 Å². The highest BCUT2D eigenvalue weighted by Gasteiger charge is 2.33. The number of rotatable bonds is 6. The first-order valence-corrected chi connectivity index (χ1v) is 6.31. The van der Waals surface area contributed by atoms with Gasteiger partial charge in [-0.25, -0.2) is 4.98 Å². The highest BCUT2D eigenvalue weighted by Crippen LogP contribution is 2.30. The molecule has 2 N–H and O–H groups in total. The van der Waals surface area contributed by atoms with Gasteiger partial charge in [0, 0.05) is 6.54 Å². The first-order valence-electron chi connectivity index (χ1n) is 6.31. The van der Waals surface area contributed by atoms with Gasteiger partial charge in [0.2, 0.25) is 5.91 Å². The summed E-state index contributed by atoms with van der Waals surface area (Å²) in [4.78, 5) is 15.9. The molecule has 1 heterocycles. The minimum Gasteiger partial charge on any atom is -0.368 e. The van der Waals surface area contributed by atoms with Crippen LogP contribution in [0.2, 0.25) is 0 Å². The van der Waals surface area contributed by atoms with Crippen LogP contribution in [-0.2, 0) is 11.0 Å². The fourth-order valence-electron chi connectivity index (χ4n) is 1.73. The summed E-state index contributed by atoms with van der Waals surface area (Å²) >= 11 is 0. The first-order chi connectivity index (χ1) is 9.79. The molecule has 114 valence electrons. The number of halogens is 3. The average molecular weight is 300 g/mol. The van der Waals surface area contributed by atoms with Crippen molar-refractivity contribution in [3.63, 3.8) is 0 Å². The lowest BCUT2D eigenvalue weighted by Gasteiger charge is -2.23. The number of carbonyl (C=O) groups excluding carboxylic acids is 1. The lowest BCUT2D eigenvalue weighted by Crippen LogP contribution is -2.36. The molecule has 0 aliphatic carbocycles. The summed E-state index contributed by atoms with van der Waals surface area (Å²) in [6.07, 6.45) is -3.21. The smallest absolute Gasteiger partial charge is 0.368 e. The Morgan fingerprint density at radius 2 is 2.14 bits per heavy atom. The lowest BCUT2D eigenvalue weighted by atomic mass is 10.2. The fourth-order valence-corrected chi connectivity index (χ4v) is 1.73. The second-order valence-electron chi connectivity index (χ2n) is 4.42. The van der Waals surface area contributed by atoms with Gasteiger partial charge >= 0.3 is 6.18 Å². The van der Waals surface area contributed by atoms with Crippen molar-refractivity contribution >= 4 is 11.7 Å². The summed E-state index contributed by atoms with van der Waals surface area (Å²) < 4.78 is 38.2. The summed E-state index contributed by atoms with van der Waals surface area (Å²) in [6.45, 7) is 1.90. The van der Waals surface area contributed by atoms with E-state index in [9.17, 15) is 18.0 Å². The number of aromatic nitrogens is 1. The molecule has 0 saturated carbocycles. The number of amides is 1. The van der Waals surface area contributed by atoms with Crippen LogP contribution in [0.15, 0.2) is 12.1 Å². The normalized spacial score (nSPS) is 11.0. The molecule has 0 saturated heterocycles. The van der Waals surface area contributed by atoms with Gasteiger partial charge in [-0.05, 0) is 18.6 Å². The van der Waals surface area contributed by atoms with E-state index in [0.29, 0.717) is 13.0 Å². The largest absolute Gasteiger partial charge is 0.433 e. The van der Waals surface area contributed by atoms with Gasteiger partial charge < -0.3 is 10.6 Å². The minimum atomic E-state index is -4.62. The topological polar surface area (TPSA) is 83.0 Å². The summed E-state index contributed by atoms with van der Waals surface area (Å²) in [7, 11) is 0. The average Bonchev–Trinajstić information content (AvgIpc) is 2.41. The van der Waals surface area contributed by atoms with Crippen molar-refractivity contribution in [3.05, 3.63) is 23.4 Å². The Kier molecular flexibility index (Phi) is 5.52. The van der Waals surface area contributed by atoms with Gasteiger partial charge in [0.15, 0.2) is 0 Å². The second kappa shape index (κ2) is 6.92. The van der Waals surface area contributed by atoms with Crippen molar-refractivity contribution in [1.82, 2.24) is 4.98 Å². The zero-order valence-electron chi connectivity index (χ0n) is 11.4. The van der Waals surface area contributed by atoms with Crippen LogP contribution >= 0.6 is 0 Å². The van der Waals surface area contributed by atoms with Crippen LogP contribution in [0.4, 0.5) is 19.0 Å². The van der Waals surface area contributed by atoms with Gasteiger partial charge in [-0.2, -0.15) is 18.4 Å². The maximum absolute atomic E-state index is 12.7. The van der Waals surface area contributed by atoms with E-state index in [0.717, 1.165) is 18.6 Å². The highest BCUT2D eigenvalue weighted by atomic mass is 19.4. The standard InChI is InChI=1S/C13H15F3N4O/c1-2-3-6-20(8-11(18)21)12-9(7-17)4-5-10(19-12)13(14,15)16/h4-5H,2-3,6,8H2,1H3,(H2,18,21). The predicted octanol–water partition coefficient (Wildman–Crippen LogP) is 2.06. The third kappa shape index (κ3) is 4.63. The molecule has 1 aromatic heterocycles. The van der Waals surface area contributed by atoms with Crippen LogP contribution in [0.25, 0.3) is 0 Å². The molecule has 0 unspecified atom stereocenters. The molecule has 0 aliphatic rings. The number of pyridine rings is 1. The zero-order valence-corrected chi connectivity index (χ0v) is 11.4. The van der Waals surface area contributed by atoms with Crippen LogP contribution in [0.5, 0.6) is 0 Å². The molecule has 0 bridgehead atoms. The Morgan fingerprint density at radius 1 is 1.48 bits per heavy atom. The van der Waals surface area contributed by atoms with Gasteiger partial charge in [-0.3, -0.25) is 4.79 Å². The van der Waals surface area contributed by atoms with E-state index in [-0.39, 0.29) is 17.9 Å². The molecule has 8 heteroatoms. The lowest BCUT2D eigenvalue weighted by molar-refractivity contribution is -0.141. The molecule has 1 amide bonds. The van der Waals surface area contributed by atoms with Crippen LogP contribution in [-0.4, -0.2) is 24.0 Å². The number of nitrogens with two attached hydrogens (primary N) is 1. The van der Waals surface area contributed by atoms with E-state index in [4.69, 9.17) is 11.0 Å². The summed E-state index contributed by atoms with van der Waals surface area (Å²) in [6, 6.07) is 3.57. The maximum atomic E-state index is 12.7. The van der Waals surface area contributed by atoms with Crippen molar-refractivity contribution < 1.29 is 18.0 Å². The Labute approximate surface area is 120 Å². The molecule has 5 nitrogen and oxygen atoms in total. The van der Waals surface area contributed by atoms with E-state index in [1.165, 1.54) is 4.90 Å². The molecule has 0 radical (unpaired) electrons. The van der Waals surface area contributed by atoms with Crippen LogP contribution < -0.4 is 10.6 Å². The Bertz CT molecular complexity index is 551. The Morgan fingerprint density at radius 3 is 2.62 bits per heavy atom. The van der Waals surface area contributed by atoms with Gasteiger partial charge in [0.1, 0.15) is 17.6 Å². The molecule has 21 heavy (non-hydrogen) atoms. The number of hydrogen-bond acceptors (Lipinski definition) is 4. The van der Waals surface area contributed by atoms with Crippen LogP contribution in [0.3, 0.4) is 0 Å². The Hall–Kier alpha value is -2.30. The van der Waals surface area contributed by atoms with Gasteiger partial charge in [0.05, 0.1) is 12.1 Å². The SMILES string of the molecule is CCCCN(CC(N)=O)c1nc(C(F)(F)F)ccc1C#N. The van der Waals surface area contributed by atoms with E-state index in [1.54, 1.807) is 6.07 Å². The molecule has 0 fully saturated rings. The Balaban J connectivity index is 3.26. The molecular weight excluding hydrogens is 285 g/mol. The monoisotopic (exact) mass is 300 g/mol. The summed E-state index contributed by atoms with van der Waals surface area (Å²) in [5, 5.41) is 9.01. The number of anilines is 1. The van der Waals surface area contributed by atoms with E-state index in [2.05, 4.69) is 4.98 Å². The number of hydrogen-bond donors (Lipinski definition) is 1. The fraction of sp³-hybridized carbons (Fsp3) is 0.462.